The molecule has 0 aliphatic carbocycles. The third-order valence-electron chi connectivity index (χ3n) is 2.29. The van der Waals surface area contributed by atoms with Crippen molar-refractivity contribution in [3.05, 3.63) is 47.6 Å². The van der Waals surface area contributed by atoms with Crippen molar-refractivity contribution in [3.8, 4) is 5.75 Å². The van der Waals surface area contributed by atoms with E-state index in [0.29, 0.717) is 11.5 Å². The van der Waals surface area contributed by atoms with E-state index in [9.17, 15) is 9.50 Å². The molecule has 1 aromatic carbocycles. The SMILES string of the molecule is C[C@@H](O)c1ccc(OCc2ccno2)cc1F. The van der Waals surface area contributed by atoms with Crippen LogP contribution in [-0.4, -0.2) is 10.3 Å². The quantitative estimate of drug-likeness (QED) is 0.887. The van der Waals surface area contributed by atoms with Crippen LogP contribution in [0, 0.1) is 5.82 Å². The molecule has 1 atom stereocenters. The summed E-state index contributed by atoms with van der Waals surface area (Å²) in [4.78, 5) is 0. The predicted molar refractivity (Wildman–Crippen MR) is 57.9 cm³/mol. The molecule has 1 N–H and O–H groups in total. The zero-order valence-electron chi connectivity index (χ0n) is 9.26. The van der Waals surface area contributed by atoms with E-state index < -0.39 is 11.9 Å². The van der Waals surface area contributed by atoms with Crippen molar-refractivity contribution in [3.63, 3.8) is 0 Å². The second-order valence-corrected chi connectivity index (χ2v) is 3.63. The van der Waals surface area contributed by atoms with Gasteiger partial charge in [0.1, 0.15) is 18.2 Å². The van der Waals surface area contributed by atoms with Gasteiger partial charge in [0.2, 0.25) is 0 Å². The molecule has 0 aliphatic rings. The first-order valence-electron chi connectivity index (χ1n) is 5.16. The molecule has 2 aromatic rings. The molecule has 0 spiro atoms. The Morgan fingerprint density at radius 3 is 2.88 bits per heavy atom. The summed E-state index contributed by atoms with van der Waals surface area (Å²) in [5, 5.41) is 12.8. The fourth-order valence-electron chi connectivity index (χ4n) is 1.41. The lowest BCUT2D eigenvalue weighted by Gasteiger charge is -2.08. The van der Waals surface area contributed by atoms with Gasteiger partial charge in [-0.3, -0.25) is 0 Å². The van der Waals surface area contributed by atoms with Crippen molar-refractivity contribution in [2.24, 2.45) is 0 Å². The average Bonchev–Trinajstić information content (AvgIpc) is 2.78. The fraction of sp³-hybridized carbons (Fsp3) is 0.250. The van der Waals surface area contributed by atoms with E-state index in [1.54, 1.807) is 12.1 Å². The average molecular weight is 237 g/mol. The summed E-state index contributed by atoms with van der Waals surface area (Å²) in [5.74, 6) is 0.448. The smallest absolute Gasteiger partial charge is 0.174 e. The van der Waals surface area contributed by atoms with E-state index in [1.165, 1.54) is 25.3 Å². The molecule has 0 radical (unpaired) electrons. The summed E-state index contributed by atoms with van der Waals surface area (Å²) in [6, 6.07) is 6.00. The van der Waals surface area contributed by atoms with Gasteiger partial charge in [0.15, 0.2) is 5.76 Å². The minimum atomic E-state index is -0.835. The molecule has 1 aromatic heterocycles. The number of halogens is 1. The van der Waals surface area contributed by atoms with E-state index in [1.807, 2.05) is 0 Å². The molecule has 4 nitrogen and oxygen atoms in total. The number of hydrogen-bond acceptors (Lipinski definition) is 4. The second-order valence-electron chi connectivity index (χ2n) is 3.63. The van der Waals surface area contributed by atoms with Gasteiger partial charge in [-0.2, -0.15) is 0 Å². The molecule has 5 heteroatoms. The van der Waals surface area contributed by atoms with Crippen LogP contribution >= 0.6 is 0 Å². The van der Waals surface area contributed by atoms with E-state index in [0.717, 1.165) is 0 Å². The van der Waals surface area contributed by atoms with Gasteiger partial charge in [-0.05, 0) is 19.1 Å². The van der Waals surface area contributed by atoms with Crippen LogP contribution in [-0.2, 0) is 6.61 Å². The lowest BCUT2D eigenvalue weighted by molar-refractivity contribution is 0.193. The van der Waals surface area contributed by atoms with Crippen LogP contribution < -0.4 is 4.74 Å². The Hall–Kier alpha value is -1.88. The summed E-state index contributed by atoms with van der Waals surface area (Å²) in [7, 11) is 0. The minimum Gasteiger partial charge on any atom is -0.485 e. The van der Waals surface area contributed by atoms with E-state index in [-0.39, 0.29) is 12.2 Å². The second kappa shape index (κ2) is 4.97. The highest BCUT2D eigenvalue weighted by molar-refractivity contribution is 5.30. The maximum absolute atomic E-state index is 13.5. The van der Waals surface area contributed by atoms with Gasteiger partial charge >= 0.3 is 0 Å². The van der Waals surface area contributed by atoms with Gasteiger partial charge < -0.3 is 14.4 Å². The Morgan fingerprint density at radius 2 is 2.29 bits per heavy atom. The molecule has 0 unspecified atom stereocenters. The van der Waals surface area contributed by atoms with Gasteiger partial charge in [-0.15, -0.1) is 0 Å². The number of aromatic nitrogens is 1. The maximum atomic E-state index is 13.5. The molecule has 90 valence electrons. The Balaban J connectivity index is 2.05. The van der Waals surface area contributed by atoms with Gasteiger partial charge in [0, 0.05) is 17.7 Å². The largest absolute Gasteiger partial charge is 0.485 e. The molecule has 0 fully saturated rings. The first-order valence-corrected chi connectivity index (χ1v) is 5.16. The maximum Gasteiger partial charge on any atom is 0.174 e. The van der Waals surface area contributed by atoms with Crippen LogP contribution in [0.5, 0.6) is 5.75 Å². The summed E-state index contributed by atoms with van der Waals surface area (Å²) in [6.45, 7) is 1.70. The van der Waals surface area contributed by atoms with Gasteiger partial charge in [0.25, 0.3) is 0 Å². The summed E-state index contributed by atoms with van der Waals surface area (Å²) in [5.41, 5.74) is 0.247. The fourth-order valence-corrected chi connectivity index (χ4v) is 1.41. The Labute approximate surface area is 97.6 Å². The van der Waals surface area contributed by atoms with Crippen LogP contribution in [0.25, 0.3) is 0 Å². The Kier molecular flexibility index (Phi) is 3.39. The zero-order valence-corrected chi connectivity index (χ0v) is 9.26. The summed E-state index contributed by atoms with van der Waals surface area (Å²) >= 11 is 0. The van der Waals surface area contributed by atoms with Crippen molar-refractivity contribution in [2.45, 2.75) is 19.6 Å². The predicted octanol–water partition coefficient (Wildman–Crippen LogP) is 2.45. The van der Waals surface area contributed by atoms with Crippen LogP contribution in [0.1, 0.15) is 24.4 Å². The zero-order chi connectivity index (χ0) is 12.3. The lowest BCUT2D eigenvalue weighted by atomic mass is 10.1. The van der Waals surface area contributed by atoms with Crippen molar-refractivity contribution in [1.29, 1.82) is 0 Å². The first kappa shape index (κ1) is 11.6. The molecule has 1 heterocycles. The van der Waals surface area contributed by atoms with E-state index in [4.69, 9.17) is 9.26 Å². The standard InChI is InChI=1S/C12H12FNO3/c1-8(15)11-3-2-9(6-12(11)13)16-7-10-4-5-14-17-10/h2-6,8,15H,7H2,1H3/t8-/m1/s1. The Morgan fingerprint density at radius 1 is 1.47 bits per heavy atom. The van der Waals surface area contributed by atoms with Crippen molar-refractivity contribution in [1.82, 2.24) is 5.16 Å². The van der Waals surface area contributed by atoms with Gasteiger partial charge in [0.05, 0.1) is 12.3 Å². The van der Waals surface area contributed by atoms with Crippen molar-refractivity contribution < 1.29 is 18.8 Å². The highest BCUT2D eigenvalue weighted by atomic mass is 19.1. The molecule has 2 rings (SSSR count). The van der Waals surface area contributed by atoms with E-state index >= 15 is 0 Å². The number of aliphatic hydroxyl groups is 1. The molecule has 0 aliphatic heterocycles. The molecular formula is C12H12FNO3. The number of ether oxygens (including phenoxy) is 1. The number of rotatable bonds is 4. The molecule has 17 heavy (non-hydrogen) atoms. The first-order chi connectivity index (χ1) is 8.16. The van der Waals surface area contributed by atoms with Crippen LogP contribution in [0.15, 0.2) is 35.0 Å². The lowest BCUT2D eigenvalue weighted by Crippen LogP contribution is -1.98. The number of nitrogens with zero attached hydrogens (tertiary/aromatic N) is 1. The van der Waals surface area contributed by atoms with Crippen LogP contribution in [0.4, 0.5) is 4.39 Å². The minimum absolute atomic E-state index is 0.188. The van der Waals surface area contributed by atoms with Crippen molar-refractivity contribution in [2.75, 3.05) is 0 Å². The highest BCUT2D eigenvalue weighted by Gasteiger charge is 2.09. The monoisotopic (exact) mass is 237 g/mol. The number of benzene rings is 1. The molecule has 0 saturated carbocycles. The summed E-state index contributed by atoms with van der Waals surface area (Å²) in [6.07, 6.45) is 0.675. The molecule has 0 bridgehead atoms. The Bertz CT molecular complexity index is 483. The van der Waals surface area contributed by atoms with Gasteiger partial charge in [-0.25, -0.2) is 4.39 Å². The molecular weight excluding hydrogens is 225 g/mol. The number of aliphatic hydroxyl groups excluding tert-OH is 1. The van der Waals surface area contributed by atoms with Crippen LogP contribution in [0.2, 0.25) is 0 Å². The van der Waals surface area contributed by atoms with Gasteiger partial charge in [-0.1, -0.05) is 5.16 Å². The third kappa shape index (κ3) is 2.82. The van der Waals surface area contributed by atoms with E-state index in [2.05, 4.69) is 5.16 Å². The van der Waals surface area contributed by atoms with Crippen molar-refractivity contribution >= 4 is 0 Å². The third-order valence-corrected chi connectivity index (χ3v) is 2.29. The summed E-state index contributed by atoms with van der Waals surface area (Å²) < 4.78 is 23.6. The molecule has 0 saturated heterocycles. The highest BCUT2D eigenvalue weighted by Crippen LogP contribution is 2.22. The normalized spacial score (nSPS) is 12.4. The molecule has 0 amide bonds. The number of hydrogen-bond donors (Lipinski definition) is 1. The topological polar surface area (TPSA) is 55.5 Å². The van der Waals surface area contributed by atoms with Crippen LogP contribution in [0.3, 0.4) is 0 Å².